The van der Waals surface area contributed by atoms with Crippen LogP contribution in [0.3, 0.4) is 0 Å². The molecule has 3 rings (SSSR count). The van der Waals surface area contributed by atoms with Crippen LogP contribution in [-0.4, -0.2) is 40.5 Å². The Morgan fingerprint density at radius 2 is 2.00 bits per heavy atom. The highest BCUT2D eigenvalue weighted by Gasteiger charge is 2.37. The SMILES string of the molecule is COc1nc(C)ccc1C(=O)N1CCc2ccccc2[C@H]1C(=O)O. The molecule has 0 aliphatic carbocycles. The van der Waals surface area contributed by atoms with Crippen LogP contribution in [0.4, 0.5) is 0 Å². The summed E-state index contributed by atoms with van der Waals surface area (Å²) in [4.78, 5) is 30.4. The quantitative estimate of drug-likeness (QED) is 0.935. The van der Waals surface area contributed by atoms with E-state index in [-0.39, 0.29) is 17.4 Å². The third-order valence-electron chi connectivity index (χ3n) is 4.20. The first kappa shape index (κ1) is 16.0. The van der Waals surface area contributed by atoms with Gasteiger partial charge < -0.3 is 14.7 Å². The molecule has 0 saturated carbocycles. The molecule has 0 saturated heterocycles. The van der Waals surface area contributed by atoms with Crippen LogP contribution in [0.2, 0.25) is 0 Å². The van der Waals surface area contributed by atoms with Crippen molar-refractivity contribution in [3.8, 4) is 5.88 Å². The highest BCUT2D eigenvalue weighted by Crippen LogP contribution is 2.32. The van der Waals surface area contributed by atoms with Crippen LogP contribution in [0.15, 0.2) is 36.4 Å². The lowest BCUT2D eigenvalue weighted by molar-refractivity contribution is -0.143. The van der Waals surface area contributed by atoms with Crippen LogP contribution in [-0.2, 0) is 11.2 Å². The van der Waals surface area contributed by atoms with E-state index in [1.54, 1.807) is 31.2 Å². The van der Waals surface area contributed by atoms with Crippen molar-refractivity contribution in [2.75, 3.05) is 13.7 Å². The van der Waals surface area contributed by atoms with Gasteiger partial charge in [-0.1, -0.05) is 24.3 Å². The van der Waals surface area contributed by atoms with Crippen molar-refractivity contribution in [3.63, 3.8) is 0 Å². The fraction of sp³-hybridized carbons (Fsp3) is 0.278. The second kappa shape index (κ2) is 6.31. The van der Waals surface area contributed by atoms with Gasteiger partial charge in [0.05, 0.1) is 7.11 Å². The first-order chi connectivity index (χ1) is 11.5. The minimum absolute atomic E-state index is 0.211. The van der Waals surface area contributed by atoms with Gasteiger partial charge in [0.2, 0.25) is 5.88 Å². The van der Waals surface area contributed by atoms with Crippen molar-refractivity contribution < 1.29 is 19.4 Å². The number of carbonyl (C=O) groups is 2. The lowest BCUT2D eigenvalue weighted by Crippen LogP contribution is -2.43. The standard InChI is InChI=1S/C18H18N2O4/c1-11-7-8-14(16(19-11)24-2)17(21)20-10-9-12-5-3-4-6-13(12)15(20)18(22)23/h3-8,15H,9-10H2,1-2H3,(H,22,23)/t15-/m0/s1. The highest BCUT2D eigenvalue weighted by atomic mass is 16.5. The van der Waals surface area contributed by atoms with Gasteiger partial charge in [0.15, 0.2) is 6.04 Å². The van der Waals surface area contributed by atoms with E-state index in [2.05, 4.69) is 4.98 Å². The molecule has 0 fully saturated rings. The maximum atomic E-state index is 13.0. The fourth-order valence-electron chi connectivity index (χ4n) is 3.06. The van der Waals surface area contributed by atoms with E-state index in [4.69, 9.17) is 4.74 Å². The van der Waals surface area contributed by atoms with Crippen LogP contribution < -0.4 is 4.74 Å². The molecule has 6 nitrogen and oxygen atoms in total. The van der Waals surface area contributed by atoms with Crippen LogP contribution >= 0.6 is 0 Å². The number of carbonyl (C=O) groups excluding carboxylic acids is 1. The van der Waals surface area contributed by atoms with Gasteiger partial charge >= 0.3 is 5.97 Å². The van der Waals surface area contributed by atoms with E-state index >= 15 is 0 Å². The Hall–Kier alpha value is -2.89. The van der Waals surface area contributed by atoms with Crippen molar-refractivity contribution >= 4 is 11.9 Å². The number of aryl methyl sites for hydroxylation is 1. The maximum Gasteiger partial charge on any atom is 0.331 e. The van der Waals surface area contributed by atoms with E-state index in [1.807, 2.05) is 12.1 Å². The molecule has 124 valence electrons. The number of nitrogens with zero attached hydrogens (tertiary/aromatic N) is 2. The summed E-state index contributed by atoms with van der Waals surface area (Å²) in [5.74, 6) is -1.22. The minimum Gasteiger partial charge on any atom is -0.480 e. The van der Waals surface area contributed by atoms with Gasteiger partial charge in [-0.25, -0.2) is 9.78 Å². The molecule has 1 amide bonds. The lowest BCUT2D eigenvalue weighted by Gasteiger charge is -2.35. The summed E-state index contributed by atoms with van der Waals surface area (Å²) in [7, 11) is 1.44. The van der Waals surface area contributed by atoms with Gasteiger partial charge in [0.25, 0.3) is 5.91 Å². The number of amides is 1. The molecule has 0 unspecified atom stereocenters. The zero-order valence-corrected chi connectivity index (χ0v) is 13.5. The Kier molecular flexibility index (Phi) is 4.20. The number of methoxy groups -OCH3 is 1. The molecule has 1 N–H and O–H groups in total. The molecule has 0 radical (unpaired) electrons. The van der Waals surface area contributed by atoms with Gasteiger partial charge in [0, 0.05) is 12.2 Å². The number of pyridine rings is 1. The zero-order valence-electron chi connectivity index (χ0n) is 13.5. The number of fused-ring (bicyclic) bond motifs is 1. The predicted molar refractivity (Wildman–Crippen MR) is 87.1 cm³/mol. The average Bonchev–Trinajstić information content (AvgIpc) is 2.59. The number of carboxylic acid groups (broad SMARTS) is 1. The van der Waals surface area contributed by atoms with Gasteiger partial charge in [-0.15, -0.1) is 0 Å². The molecule has 1 aliphatic heterocycles. The van der Waals surface area contributed by atoms with E-state index in [0.29, 0.717) is 18.5 Å². The second-order valence-electron chi connectivity index (χ2n) is 5.70. The number of rotatable bonds is 3. The minimum atomic E-state index is -1.05. The molecule has 2 aromatic rings. The van der Waals surface area contributed by atoms with Crippen molar-refractivity contribution in [2.45, 2.75) is 19.4 Å². The topological polar surface area (TPSA) is 79.7 Å². The number of carboxylic acids is 1. The molecule has 0 bridgehead atoms. The monoisotopic (exact) mass is 326 g/mol. The summed E-state index contributed by atoms with van der Waals surface area (Å²) in [5.41, 5.74) is 2.61. The lowest BCUT2D eigenvalue weighted by atomic mass is 9.92. The van der Waals surface area contributed by atoms with E-state index < -0.39 is 12.0 Å². The van der Waals surface area contributed by atoms with E-state index in [1.165, 1.54) is 12.0 Å². The first-order valence-electron chi connectivity index (χ1n) is 7.66. The third kappa shape index (κ3) is 2.71. The van der Waals surface area contributed by atoms with Crippen molar-refractivity contribution in [1.29, 1.82) is 0 Å². The summed E-state index contributed by atoms with van der Waals surface area (Å²) >= 11 is 0. The first-order valence-corrected chi connectivity index (χ1v) is 7.66. The number of ether oxygens (including phenoxy) is 1. The van der Waals surface area contributed by atoms with Crippen LogP contribution in [0, 0.1) is 6.92 Å². The number of aromatic nitrogens is 1. The Bertz CT molecular complexity index is 803. The van der Waals surface area contributed by atoms with Crippen LogP contribution in [0.25, 0.3) is 0 Å². The summed E-state index contributed by atoms with van der Waals surface area (Å²) < 4.78 is 5.20. The Morgan fingerprint density at radius 3 is 2.71 bits per heavy atom. The fourth-order valence-corrected chi connectivity index (χ4v) is 3.06. The van der Waals surface area contributed by atoms with Gasteiger partial charge in [-0.05, 0) is 36.6 Å². The molecule has 0 spiro atoms. The van der Waals surface area contributed by atoms with E-state index in [9.17, 15) is 14.7 Å². The molecule has 6 heteroatoms. The largest absolute Gasteiger partial charge is 0.480 e. The zero-order chi connectivity index (χ0) is 17.3. The van der Waals surface area contributed by atoms with Crippen molar-refractivity contribution in [3.05, 3.63) is 58.8 Å². The molecule has 1 aromatic heterocycles. The second-order valence-corrected chi connectivity index (χ2v) is 5.70. The van der Waals surface area contributed by atoms with Gasteiger partial charge in [-0.2, -0.15) is 0 Å². The molecule has 1 aromatic carbocycles. The van der Waals surface area contributed by atoms with Crippen molar-refractivity contribution in [1.82, 2.24) is 9.88 Å². The smallest absolute Gasteiger partial charge is 0.331 e. The van der Waals surface area contributed by atoms with Crippen LogP contribution in [0.1, 0.15) is 33.2 Å². The Morgan fingerprint density at radius 1 is 1.25 bits per heavy atom. The molecular weight excluding hydrogens is 308 g/mol. The van der Waals surface area contributed by atoms with Crippen molar-refractivity contribution in [2.24, 2.45) is 0 Å². The normalized spacial score (nSPS) is 16.4. The molecule has 1 aliphatic rings. The molecule has 1 atom stereocenters. The number of benzene rings is 1. The Balaban J connectivity index is 2.03. The van der Waals surface area contributed by atoms with Gasteiger partial charge in [0.1, 0.15) is 5.56 Å². The summed E-state index contributed by atoms with van der Waals surface area (Å²) in [6, 6.07) is 9.67. The number of aliphatic carboxylic acids is 1. The molecule has 24 heavy (non-hydrogen) atoms. The third-order valence-corrected chi connectivity index (χ3v) is 4.20. The summed E-state index contributed by atoms with van der Waals surface area (Å²) in [6.07, 6.45) is 0.618. The van der Waals surface area contributed by atoms with E-state index in [0.717, 1.165) is 11.3 Å². The molecule has 2 heterocycles. The number of hydrogen-bond donors (Lipinski definition) is 1. The predicted octanol–water partition coefficient (Wildman–Crippen LogP) is 2.22. The van der Waals surface area contributed by atoms with Gasteiger partial charge in [-0.3, -0.25) is 4.79 Å². The highest BCUT2D eigenvalue weighted by molar-refractivity contribution is 5.99. The van der Waals surface area contributed by atoms with Crippen LogP contribution in [0.5, 0.6) is 5.88 Å². The average molecular weight is 326 g/mol. The maximum absolute atomic E-state index is 13.0. The number of hydrogen-bond acceptors (Lipinski definition) is 4. The summed E-state index contributed by atoms with van der Waals surface area (Å²) in [6.45, 7) is 2.14. The summed E-state index contributed by atoms with van der Waals surface area (Å²) in [5, 5.41) is 9.68. The molecular formula is C18H18N2O4. The Labute approximate surface area is 139 Å².